The minimum absolute atomic E-state index is 0.00518. The van der Waals surface area contributed by atoms with Gasteiger partial charge in [0, 0.05) is 62.4 Å². The van der Waals surface area contributed by atoms with E-state index < -0.39 is 77.8 Å². The van der Waals surface area contributed by atoms with Gasteiger partial charge in [-0.3, -0.25) is 19.2 Å². The Morgan fingerprint density at radius 1 is 0.873 bits per heavy atom. The second-order valence-corrected chi connectivity index (χ2v) is 21.9. The summed E-state index contributed by atoms with van der Waals surface area (Å²) in [7, 11) is 3.07. The number of nitrogens with zero attached hydrogens (tertiary/aromatic N) is 1. The lowest BCUT2D eigenvalue weighted by Gasteiger charge is -2.43. The second-order valence-electron chi connectivity index (χ2n) is 20.8. The first-order valence-electron chi connectivity index (χ1n) is 26.2. The van der Waals surface area contributed by atoms with Gasteiger partial charge in [0.2, 0.25) is 5.79 Å². The quantitative estimate of drug-likeness (QED) is 0.0436. The van der Waals surface area contributed by atoms with Crippen molar-refractivity contribution >= 4 is 51.8 Å². The fourth-order valence-electron chi connectivity index (χ4n) is 10.7. The van der Waals surface area contributed by atoms with Crippen molar-refractivity contribution in [1.29, 1.82) is 0 Å². The molecule has 2 saturated heterocycles. The van der Waals surface area contributed by atoms with Crippen LogP contribution < -0.4 is 0 Å². The number of methoxy groups -OCH3 is 2. The zero-order valence-corrected chi connectivity index (χ0v) is 46.1. The van der Waals surface area contributed by atoms with Crippen molar-refractivity contribution in [3.05, 3.63) is 47.6 Å². The standard InChI is InChI=1S/C55H86INO14/c1-34-16-11-10-12-17-35(2)46(69-27-25-58)32-42-21-19-40(7)55(65,71-42)52(62)53(63)57-24-14-13-18-43(57)54(64)70-47(37(4)30-41-20-22-45(48(31-41)66-8)68-26-15-23-56)33-44(59)36(3)29-39(6)50(61)51(67-9)49(60)38(5)28-34/h10-12,16-17,29,34,36-38,40-43,45-48,50-51,58,61,65H,13-15,18-28,30-33H2,1-9H3/t34-,36-,37-,38-,40-,41+,42+,43+,45-,46-,47+,48-,50-,51+,55-/m1/s1. The summed E-state index contributed by atoms with van der Waals surface area (Å²) in [6.45, 7) is 13.2. The second kappa shape index (κ2) is 30.0. The molecule has 0 radical (unpaired) electrons. The van der Waals surface area contributed by atoms with E-state index in [1.807, 2.05) is 58.1 Å². The molecule has 0 aromatic rings. The van der Waals surface area contributed by atoms with Gasteiger partial charge in [-0.25, -0.2) is 4.79 Å². The monoisotopic (exact) mass is 1110 g/mol. The first kappa shape index (κ1) is 60.9. The Bertz CT molecular complexity index is 1870. The average molecular weight is 1110 g/mol. The number of cyclic esters (lactones) is 1. The molecule has 0 unspecified atom stereocenters. The Morgan fingerprint density at radius 3 is 2.31 bits per heavy atom. The van der Waals surface area contributed by atoms with Gasteiger partial charge in [-0.1, -0.05) is 93.7 Å². The van der Waals surface area contributed by atoms with E-state index in [-0.39, 0.29) is 80.5 Å². The summed E-state index contributed by atoms with van der Waals surface area (Å²) < 4.78 is 37.3. The molecule has 3 fully saturated rings. The minimum Gasteiger partial charge on any atom is -0.460 e. The van der Waals surface area contributed by atoms with Crippen LogP contribution in [0.1, 0.15) is 132 Å². The van der Waals surface area contributed by atoms with Crippen LogP contribution in [0.2, 0.25) is 0 Å². The molecular weight excluding hydrogens is 1030 g/mol. The van der Waals surface area contributed by atoms with Crippen LogP contribution in [0.15, 0.2) is 47.6 Å². The van der Waals surface area contributed by atoms with E-state index >= 15 is 0 Å². The van der Waals surface area contributed by atoms with Gasteiger partial charge in [-0.15, -0.1) is 0 Å². The number of ether oxygens (including phenoxy) is 6. The minimum atomic E-state index is -2.47. The molecule has 4 rings (SSSR count). The van der Waals surface area contributed by atoms with Gasteiger partial charge in [-0.2, -0.15) is 0 Å². The Balaban J connectivity index is 1.70. The van der Waals surface area contributed by atoms with E-state index in [9.17, 15) is 39.3 Å². The maximum atomic E-state index is 14.5. The summed E-state index contributed by atoms with van der Waals surface area (Å²) in [6, 6.07) is -1.15. The van der Waals surface area contributed by atoms with E-state index in [4.69, 9.17) is 28.4 Å². The van der Waals surface area contributed by atoms with E-state index in [0.29, 0.717) is 50.7 Å². The number of ketones is 3. The van der Waals surface area contributed by atoms with E-state index in [2.05, 4.69) is 22.6 Å². The molecule has 16 heteroatoms. The van der Waals surface area contributed by atoms with Gasteiger partial charge in [0.05, 0.1) is 37.6 Å². The number of esters is 1. The molecule has 15 atom stereocenters. The van der Waals surface area contributed by atoms with Gasteiger partial charge in [0.1, 0.15) is 30.1 Å². The molecule has 0 aromatic heterocycles. The van der Waals surface area contributed by atoms with E-state index in [0.717, 1.165) is 35.7 Å². The number of alkyl halides is 1. The highest BCUT2D eigenvalue weighted by Crippen LogP contribution is 2.38. The number of carbonyl (C=O) groups is 5. The molecule has 1 amide bonds. The number of aliphatic hydroxyl groups is 3. The van der Waals surface area contributed by atoms with Crippen molar-refractivity contribution in [1.82, 2.24) is 4.90 Å². The highest BCUT2D eigenvalue weighted by Gasteiger charge is 2.53. The van der Waals surface area contributed by atoms with E-state index in [1.54, 1.807) is 34.0 Å². The third-order valence-corrected chi connectivity index (χ3v) is 16.0. The average Bonchev–Trinajstić information content (AvgIpc) is 3.35. The summed E-state index contributed by atoms with van der Waals surface area (Å²) >= 11 is 2.34. The lowest BCUT2D eigenvalue weighted by Crippen LogP contribution is -2.61. The summed E-state index contributed by atoms with van der Waals surface area (Å²) in [6.07, 6.45) is 13.0. The SMILES string of the molecule is CO[C@@H]1C[C@H](C[C@@H](C)[C@@H]2CC(=O)[C@H](C)C=C(C)[C@@H](O)[C@@H](OC)C(=O)[C@H](C)C[C@H](C)C=CC=CC=C(C)[C@H](OCCO)C[C@@H]3CC[C@@H](C)[C@@](O)(O3)C(=O)C(=O)N3CCCC[C@H]3C(=O)O2)CC[C@H]1OCCCI. The Hall–Kier alpha value is -2.68. The fourth-order valence-corrected chi connectivity index (χ4v) is 11.0. The number of halogens is 1. The molecule has 3 heterocycles. The predicted octanol–water partition coefficient (Wildman–Crippen LogP) is 7.39. The van der Waals surface area contributed by atoms with Crippen LogP contribution in [0.25, 0.3) is 0 Å². The Kier molecular flexibility index (Phi) is 25.7. The highest BCUT2D eigenvalue weighted by atomic mass is 127. The number of rotatable bonds is 12. The van der Waals surface area contributed by atoms with Gasteiger partial charge in [-0.05, 0) is 113 Å². The number of Topliss-reactive ketones (excluding diaryl/α,β-unsaturated/α-hetero) is 3. The number of allylic oxidation sites excluding steroid dienone is 6. The summed E-state index contributed by atoms with van der Waals surface area (Å²) in [4.78, 5) is 72.5. The molecule has 1 aliphatic carbocycles. The largest absolute Gasteiger partial charge is 0.460 e. The maximum Gasteiger partial charge on any atom is 0.329 e. The van der Waals surface area contributed by atoms with Crippen LogP contribution >= 0.6 is 22.6 Å². The molecular formula is C55H86INO14. The molecule has 2 bridgehead atoms. The zero-order chi connectivity index (χ0) is 52.4. The molecule has 0 spiro atoms. The normalized spacial score (nSPS) is 35.6. The lowest BCUT2D eigenvalue weighted by atomic mass is 9.78. The molecule has 4 aliphatic rings. The van der Waals surface area contributed by atoms with Crippen molar-refractivity contribution in [2.45, 2.75) is 186 Å². The molecule has 3 N–H and O–H groups in total. The number of piperidine rings is 1. The smallest absolute Gasteiger partial charge is 0.329 e. The Morgan fingerprint density at radius 2 is 1.62 bits per heavy atom. The molecule has 0 aromatic carbocycles. The zero-order valence-electron chi connectivity index (χ0n) is 43.9. The molecule has 402 valence electrons. The maximum absolute atomic E-state index is 14.5. The van der Waals surface area contributed by atoms with Gasteiger partial charge >= 0.3 is 5.97 Å². The van der Waals surface area contributed by atoms with Gasteiger partial charge < -0.3 is 48.6 Å². The summed E-state index contributed by atoms with van der Waals surface area (Å²) in [5.74, 6) is -8.00. The van der Waals surface area contributed by atoms with Crippen LogP contribution in [-0.4, -0.2) is 149 Å². The number of hydrogen-bond acceptors (Lipinski definition) is 14. The van der Waals surface area contributed by atoms with Crippen molar-refractivity contribution in [3.8, 4) is 0 Å². The molecule has 15 nitrogen and oxygen atoms in total. The number of aliphatic hydroxyl groups excluding tert-OH is 2. The number of amides is 1. The first-order valence-corrected chi connectivity index (χ1v) is 27.7. The van der Waals surface area contributed by atoms with Crippen molar-refractivity contribution in [2.75, 3.05) is 45.0 Å². The van der Waals surface area contributed by atoms with E-state index in [1.165, 1.54) is 12.0 Å². The first-order chi connectivity index (χ1) is 33.8. The van der Waals surface area contributed by atoms with Crippen LogP contribution in [0.5, 0.6) is 0 Å². The highest BCUT2D eigenvalue weighted by molar-refractivity contribution is 14.1. The predicted molar refractivity (Wildman–Crippen MR) is 278 cm³/mol. The fraction of sp³-hybridized carbons (Fsp3) is 0.764. The van der Waals surface area contributed by atoms with Gasteiger partial charge in [0.15, 0.2) is 5.78 Å². The van der Waals surface area contributed by atoms with Crippen LogP contribution in [-0.2, 0) is 52.4 Å². The summed E-state index contributed by atoms with van der Waals surface area (Å²) in [5, 5.41) is 33.2. The topological polar surface area (TPSA) is 205 Å². The van der Waals surface area contributed by atoms with Crippen molar-refractivity contribution < 1.29 is 67.7 Å². The number of fused-ring (bicyclic) bond motifs is 3. The molecule has 71 heavy (non-hydrogen) atoms. The summed E-state index contributed by atoms with van der Waals surface area (Å²) in [5.41, 5.74) is 1.20. The molecule has 3 aliphatic heterocycles. The third kappa shape index (κ3) is 17.4. The van der Waals surface area contributed by atoms with Crippen molar-refractivity contribution in [3.63, 3.8) is 0 Å². The molecule has 1 saturated carbocycles. The van der Waals surface area contributed by atoms with Crippen LogP contribution in [0.3, 0.4) is 0 Å². The lowest BCUT2D eigenvalue weighted by molar-refractivity contribution is -0.266. The number of carbonyl (C=O) groups excluding carboxylic acids is 5. The van der Waals surface area contributed by atoms with Crippen molar-refractivity contribution in [2.24, 2.45) is 35.5 Å². The Labute approximate surface area is 437 Å². The number of hydrogen-bond donors (Lipinski definition) is 3. The van der Waals surface area contributed by atoms with Crippen LogP contribution in [0.4, 0.5) is 0 Å². The van der Waals surface area contributed by atoms with Gasteiger partial charge in [0.25, 0.3) is 11.7 Å². The van der Waals surface area contributed by atoms with Crippen LogP contribution in [0, 0.1) is 35.5 Å². The third-order valence-electron chi connectivity index (χ3n) is 15.2.